The fraction of sp³-hybridized carbons (Fsp3) is 0.364. The second-order valence-electron chi connectivity index (χ2n) is 7.48. The highest BCUT2D eigenvalue weighted by atomic mass is 35.5. The van der Waals surface area contributed by atoms with Crippen LogP contribution in [0.4, 0.5) is 10.1 Å². The summed E-state index contributed by atoms with van der Waals surface area (Å²) >= 11 is 12.0. The first-order valence-electron chi connectivity index (χ1n) is 10.2. The number of rotatable bonds is 10. The van der Waals surface area contributed by atoms with Crippen molar-refractivity contribution in [3.05, 3.63) is 63.9 Å². The number of anilines is 1. The molecule has 0 aliphatic rings. The van der Waals surface area contributed by atoms with Crippen LogP contribution < -0.4 is 9.62 Å². The van der Waals surface area contributed by atoms with E-state index in [1.165, 1.54) is 47.4 Å². The van der Waals surface area contributed by atoms with Crippen molar-refractivity contribution in [2.75, 3.05) is 23.7 Å². The van der Waals surface area contributed by atoms with Crippen LogP contribution in [0.1, 0.15) is 25.8 Å². The largest absolute Gasteiger partial charge is 0.354 e. The molecule has 7 nitrogen and oxygen atoms in total. The highest BCUT2D eigenvalue weighted by Crippen LogP contribution is 2.28. The Kier molecular flexibility index (Phi) is 9.51. The standard InChI is InChI=1S/C22H26Cl2FN3O4S/c1-4-11-26-22(30)15(2)27(13-16-5-7-17(25)8-6-16)21(29)14-28(33(3,31)32)18-9-10-19(23)20(24)12-18/h5-10,12,15H,4,11,13-14H2,1-3H3,(H,26,30). The minimum Gasteiger partial charge on any atom is -0.354 e. The molecule has 180 valence electrons. The lowest BCUT2D eigenvalue weighted by Crippen LogP contribution is -2.51. The SMILES string of the molecule is CCCNC(=O)C(C)N(Cc1ccc(F)cc1)C(=O)CN(c1ccc(Cl)c(Cl)c1)S(C)(=O)=O. The number of hydrogen-bond donors (Lipinski definition) is 1. The van der Waals surface area contributed by atoms with E-state index in [1.807, 2.05) is 6.92 Å². The molecule has 33 heavy (non-hydrogen) atoms. The zero-order valence-corrected chi connectivity index (χ0v) is 20.8. The fourth-order valence-electron chi connectivity index (χ4n) is 3.02. The van der Waals surface area contributed by atoms with Crippen molar-refractivity contribution in [1.29, 1.82) is 0 Å². The molecule has 0 spiro atoms. The summed E-state index contributed by atoms with van der Waals surface area (Å²) in [6.45, 7) is 3.30. The van der Waals surface area contributed by atoms with Crippen molar-refractivity contribution in [3.8, 4) is 0 Å². The molecule has 2 aromatic carbocycles. The highest BCUT2D eigenvalue weighted by Gasteiger charge is 2.30. The van der Waals surface area contributed by atoms with Gasteiger partial charge < -0.3 is 10.2 Å². The molecule has 11 heteroatoms. The van der Waals surface area contributed by atoms with Crippen LogP contribution in [-0.2, 0) is 26.2 Å². The Bertz CT molecular complexity index is 1100. The van der Waals surface area contributed by atoms with Gasteiger partial charge in [0.2, 0.25) is 21.8 Å². The molecule has 0 heterocycles. The Morgan fingerprint density at radius 1 is 1.09 bits per heavy atom. The summed E-state index contributed by atoms with van der Waals surface area (Å²) in [4.78, 5) is 27.2. The third-order valence-electron chi connectivity index (χ3n) is 4.85. The number of nitrogens with one attached hydrogen (secondary N) is 1. The Morgan fingerprint density at radius 3 is 2.27 bits per heavy atom. The van der Waals surface area contributed by atoms with Crippen LogP contribution in [0, 0.1) is 5.82 Å². The van der Waals surface area contributed by atoms with Gasteiger partial charge in [-0.3, -0.25) is 13.9 Å². The first-order chi connectivity index (χ1) is 15.4. The number of halogens is 3. The smallest absolute Gasteiger partial charge is 0.244 e. The van der Waals surface area contributed by atoms with Crippen molar-refractivity contribution in [2.45, 2.75) is 32.9 Å². The van der Waals surface area contributed by atoms with Crippen LogP contribution in [0.2, 0.25) is 10.0 Å². The van der Waals surface area contributed by atoms with Crippen molar-refractivity contribution in [3.63, 3.8) is 0 Å². The number of hydrogen-bond acceptors (Lipinski definition) is 4. The Morgan fingerprint density at radius 2 is 1.73 bits per heavy atom. The number of amides is 2. The number of carbonyl (C=O) groups excluding carboxylic acids is 2. The van der Waals surface area contributed by atoms with Gasteiger partial charge in [0.05, 0.1) is 22.0 Å². The van der Waals surface area contributed by atoms with Gasteiger partial charge in [-0.2, -0.15) is 0 Å². The van der Waals surface area contributed by atoms with Gasteiger partial charge in [0.15, 0.2) is 0 Å². The van der Waals surface area contributed by atoms with E-state index >= 15 is 0 Å². The molecule has 2 amide bonds. The van der Waals surface area contributed by atoms with E-state index in [0.717, 1.165) is 10.6 Å². The van der Waals surface area contributed by atoms with E-state index in [-0.39, 0.29) is 28.2 Å². The third kappa shape index (κ3) is 7.58. The van der Waals surface area contributed by atoms with E-state index in [1.54, 1.807) is 6.92 Å². The minimum absolute atomic E-state index is 0.0151. The molecular formula is C22H26Cl2FN3O4S. The average Bonchev–Trinajstić information content (AvgIpc) is 2.76. The van der Waals surface area contributed by atoms with Gasteiger partial charge in [0.25, 0.3) is 0 Å². The monoisotopic (exact) mass is 517 g/mol. The molecule has 0 radical (unpaired) electrons. The van der Waals surface area contributed by atoms with Crippen LogP contribution in [-0.4, -0.2) is 50.5 Å². The molecule has 0 aliphatic heterocycles. The normalized spacial score (nSPS) is 12.2. The van der Waals surface area contributed by atoms with Gasteiger partial charge in [-0.25, -0.2) is 12.8 Å². The van der Waals surface area contributed by atoms with Gasteiger partial charge in [0.1, 0.15) is 18.4 Å². The molecule has 0 saturated heterocycles. The van der Waals surface area contributed by atoms with Crippen LogP contribution in [0.3, 0.4) is 0 Å². The van der Waals surface area contributed by atoms with Crippen molar-refractivity contribution in [2.24, 2.45) is 0 Å². The Balaban J connectivity index is 2.38. The topological polar surface area (TPSA) is 86.8 Å². The van der Waals surface area contributed by atoms with Crippen LogP contribution in [0.15, 0.2) is 42.5 Å². The Labute approximate surface area is 203 Å². The van der Waals surface area contributed by atoms with Crippen LogP contribution in [0.5, 0.6) is 0 Å². The predicted molar refractivity (Wildman–Crippen MR) is 128 cm³/mol. The highest BCUT2D eigenvalue weighted by molar-refractivity contribution is 7.92. The summed E-state index contributed by atoms with van der Waals surface area (Å²) < 4.78 is 39.2. The fourth-order valence-corrected chi connectivity index (χ4v) is 4.15. The lowest BCUT2D eigenvalue weighted by atomic mass is 10.1. The molecule has 1 unspecified atom stereocenters. The average molecular weight is 518 g/mol. The lowest BCUT2D eigenvalue weighted by Gasteiger charge is -2.31. The van der Waals surface area contributed by atoms with E-state index < -0.39 is 34.3 Å². The molecule has 2 rings (SSSR count). The quantitative estimate of drug-likeness (QED) is 0.518. The molecule has 0 bridgehead atoms. The minimum atomic E-state index is -3.88. The summed E-state index contributed by atoms with van der Waals surface area (Å²) in [6.07, 6.45) is 1.67. The number of carbonyl (C=O) groups is 2. The summed E-state index contributed by atoms with van der Waals surface area (Å²) in [5.41, 5.74) is 0.741. The Hall–Kier alpha value is -2.36. The van der Waals surface area contributed by atoms with Crippen LogP contribution in [0.25, 0.3) is 0 Å². The zero-order chi connectivity index (χ0) is 24.8. The van der Waals surface area contributed by atoms with Gasteiger partial charge >= 0.3 is 0 Å². The lowest BCUT2D eigenvalue weighted by molar-refractivity contribution is -0.139. The van der Waals surface area contributed by atoms with E-state index in [4.69, 9.17) is 23.2 Å². The van der Waals surface area contributed by atoms with Gasteiger partial charge in [-0.05, 0) is 49.2 Å². The predicted octanol–water partition coefficient (Wildman–Crippen LogP) is 3.84. The maximum atomic E-state index is 13.3. The first kappa shape index (κ1) is 26.9. The van der Waals surface area contributed by atoms with E-state index in [9.17, 15) is 22.4 Å². The number of benzene rings is 2. The first-order valence-corrected chi connectivity index (χ1v) is 12.8. The molecule has 1 atom stereocenters. The summed E-state index contributed by atoms with van der Waals surface area (Å²) in [5, 5.41) is 3.10. The maximum absolute atomic E-state index is 13.3. The number of sulfonamides is 1. The van der Waals surface area contributed by atoms with Crippen LogP contribution >= 0.6 is 23.2 Å². The molecule has 0 aromatic heterocycles. The summed E-state index contributed by atoms with van der Waals surface area (Å²) in [6, 6.07) is 8.81. The second kappa shape index (κ2) is 11.7. The van der Waals surface area contributed by atoms with Gasteiger partial charge in [0, 0.05) is 13.1 Å². The van der Waals surface area contributed by atoms with Crippen molar-refractivity contribution < 1.29 is 22.4 Å². The molecule has 0 saturated carbocycles. The van der Waals surface area contributed by atoms with E-state index in [0.29, 0.717) is 18.5 Å². The molecule has 2 aromatic rings. The zero-order valence-electron chi connectivity index (χ0n) is 18.5. The van der Waals surface area contributed by atoms with Gasteiger partial charge in [-0.1, -0.05) is 42.3 Å². The van der Waals surface area contributed by atoms with E-state index in [2.05, 4.69) is 5.32 Å². The molecule has 0 aliphatic carbocycles. The second-order valence-corrected chi connectivity index (χ2v) is 10.2. The molecular weight excluding hydrogens is 492 g/mol. The summed E-state index contributed by atoms with van der Waals surface area (Å²) in [7, 11) is -3.88. The number of nitrogens with zero attached hydrogens (tertiary/aromatic N) is 2. The molecule has 1 N–H and O–H groups in total. The van der Waals surface area contributed by atoms with Gasteiger partial charge in [-0.15, -0.1) is 0 Å². The van der Waals surface area contributed by atoms with Crippen molar-refractivity contribution in [1.82, 2.24) is 10.2 Å². The molecule has 0 fully saturated rings. The maximum Gasteiger partial charge on any atom is 0.244 e. The van der Waals surface area contributed by atoms with Crippen molar-refractivity contribution >= 4 is 50.7 Å². The summed E-state index contributed by atoms with van der Waals surface area (Å²) in [5.74, 6) is -1.43. The third-order valence-corrected chi connectivity index (χ3v) is 6.73.